The molecule has 2 saturated heterocycles. The molecule has 42 heavy (non-hydrogen) atoms. The summed E-state index contributed by atoms with van der Waals surface area (Å²) in [6, 6.07) is 7.27. The summed E-state index contributed by atoms with van der Waals surface area (Å²) in [7, 11) is -4.27. The SMILES string of the molecule is CC(NP(=O)(Oc1ccccc1)OC(C)C1OC(n2cnc3c(N)ncnc32)C2OC(=O)OC12)C(=O)OCC(C)(C)C. The summed E-state index contributed by atoms with van der Waals surface area (Å²) >= 11 is 0. The molecule has 0 bridgehead atoms. The maximum absolute atomic E-state index is 14.1. The third-order valence-electron chi connectivity index (χ3n) is 6.44. The van der Waals surface area contributed by atoms with Crippen molar-refractivity contribution in [3.05, 3.63) is 43.0 Å². The van der Waals surface area contributed by atoms with Crippen molar-refractivity contribution in [1.29, 1.82) is 0 Å². The fourth-order valence-corrected chi connectivity index (χ4v) is 6.21. The van der Waals surface area contributed by atoms with Crippen LogP contribution in [0.15, 0.2) is 43.0 Å². The molecule has 4 heterocycles. The van der Waals surface area contributed by atoms with Crippen molar-refractivity contribution in [2.45, 2.75) is 71.3 Å². The van der Waals surface area contributed by atoms with Crippen molar-refractivity contribution in [1.82, 2.24) is 24.6 Å². The normalized spacial score (nSPS) is 24.7. The van der Waals surface area contributed by atoms with Crippen LogP contribution < -0.4 is 15.3 Å². The Bertz CT molecular complexity index is 1500. The lowest BCUT2D eigenvalue weighted by Gasteiger charge is -2.29. The van der Waals surface area contributed by atoms with Gasteiger partial charge in [-0.05, 0) is 31.4 Å². The Balaban J connectivity index is 1.38. The third kappa shape index (κ3) is 6.33. The number of hydrogen-bond acceptors (Lipinski definition) is 13. The Kier molecular flexibility index (Phi) is 8.12. The van der Waals surface area contributed by atoms with E-state index in [1.807, 2.05) is 20.8 Å². The molecular weight excluding hydrogens is 571 g/mol. The van der Waals surface area contributed by atoms with Gasteiger partial charge in [-0.1, -0.05) is 39.0 Å². The minimum Gasteiger partial charge on any atom is -0.464 e. The van der Waals surface area contributed by atoms with E-state index in [1.54, 1.807) is 41.8 Å². The van der Waals surface area contributed by atoms with E-state index in [2.05, 4.69) is 20.0 Å². The van der Waals surface area contributed by atoms with Crippen LogP contribution in [0.3, 0.4) is 0 Å². The molecule has 15 nitrogen and oxygen atoms in total. The number of esters is 1. The zero-order valence-corrected chi connectivity index (χ0v) is 24.6. The van der Waals surface area contributed by atoms with Gasteiger partial charge in [-0.25, -0.2) is 24.3 Å². The summed E-state index contributed by atoms with van der Waals surface area (Å²) in [4.78, 5) is 37.3. The molecule has 7 atom stereocenters. The van der Waals surface area contributed by atoms with Crippen molar-refractivity contribution < 1.29 is 42.1 Å². The van der Waals surface area contributed by atoms with Gasteiger partial charge in [0.05, 0.1) is 19.0 Å². The number of nitrogens with one attached hydrogen (secondary N) is 1. The van der Waals surface area contributed by atoms with Gasteiger partial charge in [0, 0.05) is 0 Å². The topological polar surface area (TPSA) is 188 Å². The van der Waals surface area contributed by atoms with Crippen LogP contribution in [0.2, 0.25) is 0 Å². The molecular formula is C26H33N6O9P. The predicted molar refractivity (Wildman–Crippen MR) is 147 cm³/mol. The van der Waals surface area contributed by atoms with E-state index in [0.717, 1.165) is 0 Å². The van der Waals surface area contributed by atoms with Crippen LogP contribution in [-0.4, -0.2) is 68.7 Å². The first-order chi connectivity index (χ1) is 19.8. The van der Waals surface area contributed by atoms with E-state index < -0.39 is 56.6 Å². The van der Waals surface area contributed by atoms with Gasteiger partial charge in [-0.2, -0.15) is 5.09 Å². The summed E-state index contributed by atoms with van der Waals surface area (Å²) in [6.45, 7) is 8.98. The number of nitrogen functional groups attached to an aromatic ring is 1. The standard InChI is InChI=1S/C26H33N6O9P/c1-14(24(33)36-11-26(3,4)5)31-42(35,41-16-9-7-6-8-10-16)40-15(2)18-19-20(39-25(34)38-19)23(37-18)32-13-30-17-21(27)28-12-29-22(17)32/h6-10,12-15,18-20,23H,11H2,1-5H3,(H,31,35)(H2,27,28,29). The molecule has 0 spiro atoms. The predicted octanol–water partition coefficient (Wildman–Crippen LogP) is 3.37. The van der Waals surface area contributed by atoms with Crippen molar-refractivity contribution in [2.75, 3.05) is 12.3 Å². The summed E-state index contributed by atoms with van der Waals surface area (Å²) in [5.41, 5.74) is 6.35. The van der Waals surface area contributed by atoms with Gasteiger partial charge in [0.1, 0.15) is 29.7 Å². The Labute approximate surface area is 241 Å². The smallest absolute Gasteiger partial charge is 0.464 e. The van der Waals surface area contributed by atoms with Crippen LogP contribution in [0, 0.1) is 5.41 Å². The molecule has 226 valence electrons. The molecule has 3 N–H and O–H groups in total. The zero-order chi connectivity index (χ0) is 30.2. The molecule has 2 aliphatic rings. The number of rotatable bonds is 10. The fraction of sp³-hybridized carbons (Fsp3) is 0.500. The molecule has 0 amide bonds. The van der Waals surface area contributed by atoms with E-state index in [0.29, 0.717) is 11.2 Å². The number of ether oxygens (including phenoxy) is 4. The number of nitrogens with two attached hydrogens (primary N) is 1. The second-order valence-electron chi connectivity index (χ2n) is 11.2. The number of carbonyl (C=O) groups is 2. The molecule has 0 saturated carbocycles. The first-order valence-electron chi connectivity index (χ1n) is 13.3. The summed E-state index contributed by atoms with van der Waals surface area (Å²) in [6.07, 6.45) is -2.93. The Morgan fingerprint density at radius 3 is 2.57 bits per heavy atom. The molecule has 16 heteroatoms. The van der Waals surface area contributed by atoms with E-state index >= 15 is 0 Å². The van der Waals surface area contributed by atoms with Crippen molar-refractivity contribution in [3.63, 3.8) is 0 Å². The fourth-order valence-electron chi connectivity index (χ4n) is 4.51. The van der Waals surface area contributed by atoms with Crippen LogP contribution in [0.4, 0.5) is 10.6 Å². The van der Waals surface area contributed by atoms with Gasteiger partial charge in [0.2, 0.25) is 0 Å². The highest BCUT2D eigenvalue weighted by Gasteiger charge is 2.58. The average Bonchev–Trinajstić information content (AvgIpc) is 3.60. The molecule has 2 aliphatic heterocycles. The van der Waals surface area contributed by atoms with E-state index in [4.69, 9.17) is 33.7 Å². The van der Waals surface area contributed by atoms with Crippen molar-refractivity contribution >= 4 is 36.9 Å². The highest BCUT2D eigenvalue weighted by Crippen LogP contribution is 2.49. The lowest BCUT2D eigenvalue weighted by Crippen LogP contribution is -2.41. The first kappa shape index (κ1) is 29.7. The van der Waals surface area contributed by atoms with E-state index in [-0.39, 0.29) is 23.6 Å². The highest BCUT2D eigenvalue weighted by molar-refractivity contribution is 7.52. The van der Waals surface area contributed by atoms with E-state index in [1.165, 1.54) is 19.6 Å². The minimum absolute atomic E-state index is 0.157. The van der Waals surface area contributed by atoms with Crippen LogP contribution >= 0.6 is 7.75 Å². The molecule has 3 aromatic rings. The summed E-state index contributed by atoms with van der Waals surface area (Å²) in [5, 5.41) is 2.67. The second-order valence-corrected chi connectivity index (χ2v) is 12.9. The number of nitrogens with zero attached hydrogens (tertiary/aromatic N) is 4. The highest BCUT2D eigenvalue weighted by atomic mass is 31.2. The average molecular weight is 605 g/mol. The Morgan fingerprint density at radius 1 is 1.14 bits per heavy atom. The Hall–Kier alpha value is -3.78. The van der Waals surface area contributed by atoms with Gasteiger partial charge in [0.25, 0.3) is 0 Å². The third-order valence-corrected chi connectivity index (χ3v) is 8.21. The maximum atomic E-state index is 14.1. The van der Waals surface area contributed by atoms with Crippen LogP contribution in [-0.2, 0) is 32.8 Å². The molecule has 7 unspecified atom stereocenters. The number of para-hydroxylation sites is 1. The number of anilines is 1. The van der Waals surface area contributed by atoms with E-state index in [9.17, 15) is 14.2 Å². The summed E-state index contributed by atoms with van der Waals surface area (Å²) in [5.74, 6) is -0.236. The van der Waals surface area contributed by atoms with Crippen LogP contribution in [0.25, 0.3) is 11.2 Å². The zero-order valence-electron chi connectivity index (χ0n) is 23.7. The largest absolute Gasteiger partial charge is 0.509 e. The number of hydrogen-bond donors (Lipinski definition) is 2. The number of imidazole rings is 1. The van der Waals surface area contributed by atoms with Gasteiger partial charge in [0.15, 0.2) is 29.9 Å². The summed E-state index contributed by atoms with van der Waals surface area (Å²) < 4.78 is 49.9. The van der Waals surface area contributed by atoms with Crippen LogP contribution in [0.1, 0.15) is 40.8 Å². The van der Waals surface area contributed by atoms with Gasteiger partial charge in [-0.15, -0.1) is 0 Å². The molecule has 2 aromatic heterocycles. The number of aromatic nitrogens is 4. The molecule has 0 radical (unpaired) electrons. The molecule has 0 aliphatic carbocycles. The first-order valence-corrected chi connectivity index (χ1v) is 14.8. The van der Waals surface area contributed by atoms with Crippen molar-refractivity contribution in [2.24, 2.45) is 5.41 Å². The Morgan fingerprint density at radius 2 is 1.86 bits per heavy atom. The number of fused-ring (bicyclic) bond motifs is 2. The minimum atomic E-state index is -4.27. The quantitative estimate of drug-likeness (QED) is 0.253. The monoisotopic (exact) mass is 604 g/mol. The van der Waals surface area contributed by atoms with Gasteiger partial charge in [-0.3, -0.25) is 13.9 Å². The number of benzene rings is 1. The lowest BCUT2D eigenvalue weighted by atomic mass is 9.99. The lowest BCUT2D eigenvalue weighted by molar-refractivity contribution is -0.148. The number of carbonyl (C=O) groups excluding carboxylic acids is 2. The van der Waals surface area contributed by atoms with Crippen molar-refractivity contribution in [3.8, 4) is 5.75 Å². The second kappa shape index (κ2) is 11.5. The molecule has 2 fully saturated rings. The molecule has 5 rings (SSSR count). The van der Waals surface area contributed by atoms with Gasteiger partial charge < -0.3 is 29.2 Å². The molecule has 1 aromatic carbocycles. The maximum Gasteiger partial charge on any atom is 0.509 e. The van der Waals surface area contributed by atoms with Gasteiger partial charge >= 0.3 is 19.9 Å². The van der Waals surface area contributed by atoms with Crippen LogP contribution in [0.5, 0.6) is 5.75 Å².